The fourth-order valence-corrected chi connectivity index (χ4v) is 4.37. The second kappa shape index (κ2) is 6.88. The summed E-state index contributed by atoms with van der Waals surface area (Å²) in [5, 5.41) is -1.07. The van der Waals surface area contributed by atoms with Crippen LogP contribution in [0.15, 0.2) is 29.6 Å². The monoisotopic (exact) mass is 478 g/mol. The highest BCUT2D eigenvalue weighted by Crippen LogP contribution is 2.38. The predicted molar refractivity (Wildman–Crippen MR) is 98.3 cm³/mol. The molecule has 4 aromatic heterocycles. The van der Waals surface area contributed by atoms with Gasteiger partial charge in [-0.3, -0.25) is 9.38 Å². The van der Waals surface area contributed by atoms with Gasteiger partial charge in [0, 0.05) is 5.69 Å². The van der Waals surface area contributed by atoms with Crippen LogP contribution in [0.5, 0.6) is 0 Å². The maximum atomic E-state index is 14.0. The summed E-state index contributed by atoms with van der Waals surface area (Å²) in [6, 6.07) is 2.62. The molecule has 0 saturated heterocycles. The van der Waals surface area contributed by atoms with Crippen molar-refractivity contribution in [1.82, 2.24) is 28.9 Å². The average molecular weight is 478 g/mol. The lowest BCUT2D eigenvalue weighted by Crippen LogP contribution is -2.20. The van der Waals surface area contributed by atoms with Crippen molar-refractivity contribution in [3.05, 3.63) is 35.9 Å². The third kappa shape index (κ3) is 3.36. The molecule has 0 radical (unpaired) electrons. The smallest absolute Gasteiger partial charge is 0.275 e. The van der Waals surface area contributed by atoms with Gasteiger partial charge in [-0.15, -0.1) is 13.2 Å². The first kappa shape index (κ1) is 22.0. The summed E-state index contributed by atoms with van der Waals surface area (Å²) in [7, 11) is -4.52. The molecule has 0 atom stereocenters. The molecule has 15 heteroatoms. The van der Waals surface area contributed by atoms with Crippen LogP contribution in [0.2, 0.25) is 0 Å². The van der Waals surface area contributed by atoms with Gasteiger partial charge >= 0.3 is 12.5 Å². The van der Waals surface area contributed by atoms with E-state index in [9.17, 15) is 34.8 Å². The lowest BCUT2D eigenvalue weighted by atomic mass is 10.3. The Morgan fingerprint density at radius 1 is 1.00 bits per heavy atom. The summed E-state index contributed by atoms with van der Waals surface area (Å²) in [5.41, 5.74) is -3.67. The van der Waals surface area contributed by atoms with Crippen LogP contribution in [-0.2, 0) is 22.3 Å². The zero-order valence-electron chi connectivity index (χ0n) is 16.2. The maximum Gasteiger partial charge on any atom is 0.491 e. The van der Waals surface area contributed by atoms with Crippen molar-refractivity contribution in [2.24, 2.45) is 0 Å². The lowest BCUT2D eigenvalue weighted by molar-refractivity contribution is -0.200. The number of nitrogens with zero attached hydrogens (tertiary/aromatic N) is 6. The number of pyridine rings is 1. The lowest BCUT2D eigenvalue weighted by Gasteiger charge is -2.13. The van der Waals surface area contributed by atoms with Gasteiger partial charge in [-0.05, 0) is 19.1 Å². The van der Waals surface area contributed by atoms with Crippen LogP contribution < -0.4 is 0 Å². The number of fused-ring (bicyclic) bond motifs is 2. The highest BCUT2D eigenvalue weighted by atomic mass is 32.2. The van der Waals surface area contributed by atoms with Crippen molar-refractivity contribution >= 4 is 26.6 Å². The van der Waals surface area contributed by atoms with Crippen molar-refractivity contribution < 1.29 is 34.8 Å². The Bertz CT molecular complexity index is 1470. The minimum atomic E-state index is -5.13. The van der Waals surface area contributed by atoms with Crippen molar-refractivity contribution in [2.45, 2.75) is 31.3 Å². The molecule has 4 rings (SSSR count). The highest BCUT2D eigenvalue weighted by molar-refractivity contribution is 7.91. The minimum Gasteiger partial charge on any atom is -0.275 e. The Kier molecular flexibility index (Phi) is 4.73. The number of halogens is 6. The van der Waals surface area contributed by atoms with E-state index >= 15 is 0 Å². The maximum absolute atomic E-state index is 14.0. The van der Waals surface area contributed by atoms with E-state index in [0.29, 0.717) is 6.20 Å². The topological polar surface area (TPSA) is 95.0 Å². The van der Waals surface area contributed by atoms with Gasteiger partial charge in [0.25, 0.3) is 0 Å². The minimum absolute atomic E-state index is 0.217. The first-order valence-electron chi connectivity index (χ1n) is 8.85. The van der Waals surface area contributed by atoms with Crippen LogP contribution in [0.4, 0.5) is 26.3 Å². The predicted octanol–water partition coefficient (Wildman–Crippen LogP) is 3.74. The summed E-state index contributed by atoms with van der Waals surface area (Å²) in [6.07, 6.45) is -9.01. The Balaban J connectivity index is 2.23. The summed E-state index contributed by atoms with van der Waals surface area (Å²) in [4.78, 5) is 14.8. The van der Waals surface area contributed by atoms with Gasteiger partial charge in [-0.25, -0.2) is 27.9 Å². The molecule has 0 N–H and O–H groups in total. The van der Waals surface area contributed by atoms with Crippen LogP contribution >= 0.6 is 0 Å². The van der Waals surface area contributed by atoms with E-state index in [1.165, 1.54) is 19.1 Å². The highest BCUT2D eigenvalue weighted by Gasteiger charge is 2.42. The third-order valence-corrected chi connectivity index (χ3v) is 6.29. The molecule has 0 spiro atoms. The SMILES string of the molecule is CCS(=O)(=O)c1c(-c2nc3ccc(C)nc3n2C(F)(F)F)nc2cncc(C(F)(F)F)n12. The van der Waals surface area contributed by atoms with E-state index in [2.05, 4.69) is 19.9 Å². The number of hydrogen-bond acceptors (Lipinski definition) is 6. The van der Waals surface area contributed by atoms with Crippen LogP contribution in [-0.4, -0.2) is 43.1 Å². The van der Waals surface area contributed by atoms with Gasteiger partial charge in [-0.1, -0.05) is 6.92 Å². The van der Waals surface area contributed by atoms with E-state index in [-0.39, 0.29) is 20.2 Å². The number of sulfone groups is 1. The van der Waals surface area contributed by atoms with Gasteiger partial charge in [-0.2, -0.15) is 13.2 Å². The molecule has 0 aliphatic carbocycles. The van der Waals surface area contributed by atoms with Crippen LogP contribution in [0.1, 0.15) is 18.3 Å². The largest absolute Gasteiger partial charge is 0.491 e. The quantitative estimate of drug-likeness (QED) is 0.417. The van der Waals surface area contributed by atoms with Gasteiger partial charge in [0.1, 0.15) is 16.9 Å². The second-order valence-corrected chi connectivity index (χ2v) is 8.88. The zero-order chi connectivity index (χ0) is 23.6. The normalized spacial score (nSPS) is 13.4. The Morgan fingerprint density at radius 2 is 1.69 bits per heavy atom. The Morgan fingerprint density at radius 3 is 2.28 bits per heavy atom. The van der Waals surface area contributed by atoms with Crippen molar-refractivity contribution in [3.63, 3.8) is 0 Å². The Labute approximate surface area is 175 Å². The van der Waals surface area contributed by atoms with E-state index in [1.54, 1.807) is 0 Å². The van der Waals surface area contributed by atoms with Crippen LogP contribution in [0.25, 0.3) is 28.3 Å². The summed E-state index contributed by atoms with van der Waals surface area (Å²) in [6.45, 7) is 2.58. The Hall–Kier alpha value is -3.23. The molecule has 4 heterocycles. The van der Waals surface area contributed by atoms with Gasteiger partial charge in [0.05, 0.1) is 18.1 Å². The van der Waals surface area contributed by atoms with E-state index in [1.807, 2.05) is 0 Å². The number of aromatic nitrogens is 6. The molecule has 0 aromatic carbocycles. The van der Waals surface area contributed by atoms with Gasteiger partial charge in [0.15, 0.2) is 32.0 Å². The molecular formula is C17H12F6N6O2S. The zero-order valence-corrected chi connectivity index (χ0v) is 17.0. The fraction of sp³-hybridized carbons (Fsp3) is 0.294. The molecule has 32 heavy (non-hydrogen) atoms. The molecule has 0 unspecified atom stereocenters. The molecule has 0 aliphatic rings. The van der Waals surface area contributed by atoms with E-state index in [4.69, 9.17) is 0 Å². The summed E-state index contributed by atoms with van der Waals surface area (Å²) < 4.78 is 108. The molecule has 0 saturated carbocycles. The molecule has 0 amide bonds. The molecule has 0 bridgehead atoms. The number of imidazole rings is 2. The fourth-order valence-electron chi connectivity index (χ4n) is 3.19. The standard InChI is InChI=1S/C17H12F6N6O2S/c1-3-32(30,31)15-12(27-11-7-24-6-10(28(11)15)16(18,19)20)14-26-9-5-4-8(2)25-13(9)29(14)17(21,22)23/h4-7H,3H2,1-2H3. The first-order chi connectivity index (χ1) is 14.8. The molecule has 170 valence electrons. The van der Waals surface area contributed by atoms with Crippen molar-refractivity contribution in [3.8, 4) is 11.5 Å². The number of alkyl halides is 6. The molecule has 0 fully saturated rings. The molecular weight excluding hydrogens is 466 g/mol. The van der Waals surface area contributed by atoms with Crippen LogP contribution in [0, 0.1) is 6.92 Å². The van der Waals surface area contributed by atoms with E-state index in [0.717, 1.165) is 13.1 Å². The average Bonchev–Trinajstić information content (AvgIpc) is 3.24. The summed E-state index contributed by atoms with van der Waals surface area (Å²) >= 11 is 0. The van der Waals surface area contributed by atoms with Gasteiger partial charge < -0.3 is 0 Å². The van der Waals surface area contributed by atoms with Crippen molar-refractivity contribution in [2.75, 3.05) is 5.75 Å². The molecule has 0 aliphatic heterocycles. The summed E-state index contributed by atoms with van der Waals surface area (Å²) in [5.74, 6) is -1.70. The van der Waals surface area contributed by atoms with Crippen molar-refractivity contribution in [1.29, 1.82) is 0 Å². The first-order valence-corrected chi connectivity index (χ1v) is 10.5. The number of rotatable bonds is 3. The second-order valence-electron chi connectivity index (χ2n) is 6.69. The molecule has 8 nitrogen and oxygen atoms in total. The number of hydrogen-bond donors (Lipinski definition) is 0. The van der Waals surface area contributed by atoms with E-state index < -0.39 is 61.6 Å². The number of aryl methyl sites for hydroxylation is 1. The molecule has 4 aromatic rings. The van der Waals surface area contributed by atoms with Gasteiger partial charge in [0.2, 0.25) is 0 Å². The van der Waals surface area contributed by atoms with Crippen LogP contribution in [0.3, 0.4) is 0 Å². The third-order valence-electron chi connectivity index (χ3n) is 4.56.